The van der Waals surface area contributed by atoms with E-state index in [4.69, 9.17) is 31.7 Å². The third-order valence-electron chi connectivity index (χ3n) is 7.45. The van der Waals surface area contributed by atoms with Gasteiger partial charge < -0.3 is 9.05 Å². The van der Waals surface area contributed by atoms with Crippen LogP contribution in [-0.4, -0.2) is 21.3 Å². The highest BCUT2D eigenvalue weighted by atomic mass is 31.3. The van der Waals surface area contributed by atoms with Crippen molar-refractivity contribution in [1.29, 1.82) is 0 Å². The average Bonchev–Trinajstić information content (AvgIpc) is 3.19. The molecule has 252 valence electrons. The van der Waals surface area contributed by atoms with Crippen molar-refractivity contribution in [1.82, 2.24) is 4.86 Å². The molecule has 11 heteroatoms. The minimum atomic E-state index is -3.39. The maximum absolute atomic E-state index is 6.56. The lowest BCUT2D eigenvalue weighted by Gasteiger charge is -2.19. The van der Waals surface area contributed by atoms with E-state index in [1.165, 1.54) is 14.2 Å². The Labute approximate surface area is 296 Å². The number of nitrogens with one attached hydrogen (secondary N) is 1. The number of nitrogens with zero attached hydrogens (tertiary/aromatic N) is 1. The summed E-state index contributed by atoms with van der Waals surface area (Å²) in [6, 6.07) is 53.7. The van der Waals surface area contributed by atoms with Crippen molar-refractivity contribution in [2.24, 2.45) is 4.52 Å². The van der Waals surface area contributed by atoms with Gasteiger partial charge in [-0.1, -0.05) is 127 Å². The van der Waals surface area contributed by atoms with Crippen LogP contribution >= 0.6 is 24.7 Å². The summed E-state index contributed by atoms with van der Waals surface area (Å²) in [6.07, 6.45) is 0. The van der Waals surface area contributed by atoms with E-state index in [0.717, 1.165) is 33.4 Å². The van der Waals surface area contributed by atoms with Gasteiger partial charge in [0.05, 0.1) is 14.2 Å². The van der Waals surface area contributed by atoms with Crippen LogP contribution in [0.15, 0.2) is 168 Å². The van der Waals surface area contributed by atoms with Crippen LogP contribution in [0.4, 0.5) is 0 Å². The van der Waals surface area contributed by atoms with Gasteiger partial charge in [0, 0.05) is 7.11 Å². The summed E-state index contributed by atoms with van der Waals surface area (Å²) < 4.78 is 41.6. The smallest absolute Gasteiger partial charge is 0.434 e. The minimum Gasteiger partial charge on any atom is -0.434 e. The van der Waals surface area contributed by atoms with Gasteiger partial charge in [-0.15, -0.1) is 4.52 Å². The normalized spacial score (nSPS) is 13.2. The van der Waals surface area contributed by atoms with Gasteiger partial charge >= 0.3 is 24.7 Å². The molecule has 3 unspecified atom stereocenters. The van der Waals surface area contributed by atoms with Gasteiger partial charge in [-0.05, 0) is 74.6 Å². The van der Waals surface area contributed by atoms with Gasteiger partial charge in [-0.25, -0.2) is 4.52 Å². The molecule has 0 saturated heterocycles. The summed E-state index contributed by atoms with van der Waals surface area (Å²) in [7, 11) is -2.46. The predicted molar refractivity (Wildman–Crippen MR) is 205 cm³/mol. The Morgan fingerprint density at radius 1 is 0.500 bits per heavy atom. The highest BCUT2D eigenvalue weighted by Crippen LogP contribution is 2.66. The van der Waals surface area contributed by atoms with Crippen molar-refractivity contribution in [2.75, 3.05) is 21.3 Å². The summed E-state index contributed by atoms with van der Waals surface area (Å²) in [6.45, 7) is 0. The molecule has 6 aromatic rings. The van der Waals surface area contributed by atoms with Crippen LogP contribution in [0.3, 0.4) is 0 Å². The maximum atomic E-state index is 6.56. The van der Waals surface area contributed by atoms with Crippen molar-refractivity contribution in [3.05, 3.63) is 164 Å². The maximum Gasteiger partial charge on any atom is 0.659 e. The molecule has 3 atom stereocenters. The van der Waals surface area contributed by atoms with E-state index in [0.29, 0.717) is 17.2 Å². The Hall–Kier alpha value is -4.48. The van der Waals surface area contributed by atoms with E-state index >= 15 is 0 Å². The monoisotopic (exact) mass is 722 g/mol. The van der Waals surface area contributed by atoms with Gasteiger partial charge in [0.25, 0.3) is 0 Å². The van der Waals surface area contributed by atoms with Gasteiger partial charge in [0.15, 0.2) is 11.5 Å². The molecule has 8 nitrogen and oxygen atoms in total. The predicted octanol–water partition coefficient (Wildman–Crippen LogP) is 12.2. The molecule has 0 aromatic heterocycles. The molecular formula is C39H37N2O6P3+2. The summed E-state index contributed by atoms with van der Waals surface area (Å²) in [4.78, 5) is 3.31. The van der Waals surface area contributed by atoms with E-state index < -0.39 is 24.7 Å². The van der Waals surface area contributed by atoms with Gasteiger partial charge in [0.1, 0.15) is 5.75 Å². The Bertz CT molecular complexity index is 1950. The molecule has 0 amide bonds. The second kappa shape index (κ2) is 17.4. The van der Waals surface area contributed by atoms with E-state index in [2.05, 4.69) is 41.3 Å². The largest absolute Gasteiger partial charge is 0.659 e. The fraction of sp³-hybridized carbons (Fsp3) is 0.0769. The van der Waals surface area contributed by atoms with E-state index in [9.17, 15) is 0 Å². The van der Waals surface area contributed by atoms with Crippen molar-refractivity contribution in [3.8, 4) is 50.6 Å². The molecule has 50 heavy (non-hydrogen) atoms. The quantitative estimate of drug-likeness (QED) is 0.106. The Balaban J connectivity index is 1.26. The summed E-state index contributed by atoms with van der Waals surface area (Å²) in [5.74, 6) is 1.73. The Morgan fingerprint density at radius 2 is 0.900 bits per heavy atom. The number of rotatable bonds is 15. The highest BCUT2D eigenvalue weighted by Gasteiger charge is 2.56. The van der Waals surface area contributed by atoms with Gasteiger partial charge in [-0.3, -0.25) is 4.52 Å². The fourth-order valence-corrected chi connectivity index (χ4v) is 10.1. The molecule has 6 aromatic carbocycles. The highest BCUT2D eigenvalue weighted by molar-refractivity contribution is 7.75. The van der Waals surface area contributed by atoms with Gasteiger partial charge in [0.2, 0.25) is 4.52 Å². The standard InChI is InChI=1S/C39H37N2O6P3/c1-42-48(45-37-25-19-34(20-26-37)31-13-7-4-8-14-31)40-50(44-3,47-39-29-23-36(24-30-39)33-17-11-6-12-18-33)41-49(43-2)46-38-27-21-35(22-28-38)32-15-9-5-10-16-32/h4-30,40H,1-3H3/q+2. The number of benzene rings is 6. The first-order chi connectivity index (χ1) is 24.6. The Kier molecular flexibility index (Phi) is 12.3. The molecule has 0 spiro atoms. The molecule has 0 aliphatic rings. The van der Waals surface area contributed by atoms with Crippen LogP contribution in [0.2, 0.25) is 0 Å². The zero-order valence-corrected chi connectivity index (χ0v) is 30.5. The first-order valence-electron chi connectivity index (χ1n) is 15.7. The molecule has 0 heterocycles. The fourth-order valence-electron chi connectivity index (χ4n) is 4.91. The molecule has 0 fully saturated rings. The Morgan fingerprint density at radius 3 is 1.30 bits per heavy atom. The van der Waals surface area contributed by atoms with Crippen LogP contribution in [0.25, 0.3) is 33.4 Å². The number of hydrogen-bond donors (Lipinski definition) is 1. The second-order valence-electron chi connectivity index (χ2n) is 10.7. The topological polar surface area (TPSA) is 79.8 Å². The van der Waals surface area contributed by atoms with Crippen molar-refractivity contribution >= 4 is 24.7 Å². The van der Waals surface area contributed by atoms with Crippen LogP contribution in [0.5, 0.6) is 17.2 Å². The van der Waals surface area contributed by atoms with Crippen LogP contribution in [-0.2, 0) is 13.6 Å². The van der Waals surface area contributed by atoms with E-state index in [-0.39, 0.29) is 0 Å². The van der Waals surface area contributed by atoms with Crippen molar-refractivity contribution in [3.63, 3.8) is 0 Å². The van der Waals surface area contributed by atoms with Gasteiger partial charge in [-0.2, -0.15) is 4.52 Å². The molecule has 0 aliphatic carbocycles. The zero-order valence-electron chi connectivity index (χ0n) is 27.8. The van der Waals surface area contributed by atoms with E-state index in [1.54, 1.807) is 7.11 Å². The zero-order chi connectivity index (χ0) is 34.6. The lowest BCUT2D eigenvalue weighted by Crippen LogP contribution is -2.18. The van der Waals surface area contributed by atoms with Crippen molar-refractivity contribution < 1.29 is 27.1 Å². The molecule has 0 radical (unpaired) electrons. The van der Waals surface area contributed by atoms with Crippen molar-refractivity contribution in [2.45, 2.75) is 0 Å². The average molecular weight is 723 g/mol. The first-order valence-corrected chi connectivity index (χ1v) is 19.6. The van der Waals surface area contributed by atoms with Crippen LogP contribution in [0, 0.1) is 0 Å². The molecule has 0 bridgehead atoms. The lowest BCUT2D eigenvalue weighted by molar-refractivity contribution is 0.351. The third-order valence-corrected chi connectivity index (χ3v) is 13.0. The van der Waals surface area contributed by atoms with Crippen LogP contribution in [0.1, 0.15) is 0 Å². The third kappa shape index (κ3) is 9.39. The molecule has 0 aliphatic heterocycles. The summed E-state index contributed by atoms with van der Waals surface area (Å²) in [5.41, 5.74) is 6.51. The second-order valence-corrected chi connectivity index (χ2v) is 15.9. The molecule has 1 N–H and O–H groups in total. The number of hydrogen-bond acceptors (Lipinski definition) is 8. The molecule has 0 saturated carbocycles. The van der Waals surface area contributed by atoms with Crippen LogP contribution < -0.4 is 18.4 Å². The lowest BCUT2D eigenvalue weighted by atomic mass is 10.1. The molecular weight excluding hydrogens is 685 g/mol. The SMILES string of the molecule is COP(N[P+](N=[P+](OC)Oc1ccc(-c2ccccc2)cc1)(OC)Oc1ccc(-c2ccccc2)cc1)Oc1ccc(-c2ccccc2)cc1. The summed E-state index contributed by atoms with van der Waals surface area (Å²) >= 11 is 0. The summed E-state index contributed by atoms with van der Waals surface area (Å²) in [5, 5.41) is 0. The minimum absolute atomic E-state index is 0.535. The first kappa shape index (κ1) is 35.3. The van der Waals surface area contributed by atoms with E-state index in [1.807, 2.05) is 127 Å². The molecule has 6 rings (SSSR count).